The van der Waals surface area contributed by atoms with Gasteiger partial charge < -0.3 is 24.7 Å². The fourth-order valence-electron chi connectivity index (χ4n) is 1.59. The standard InChI is InChI=1S/C14H23NO4/c1-16-6-3-7-18-8-9-19-11-12-4-5-13(15)10-14(12)17-2/h4-5,10H,3,6-9,11,15H2,1-2H3. The average Bonchev–Trinajstić information content (AvgIpc) is 2.43. The third kappa shape index (κ3) is 6.42. The van der Waals surface area contributed by atoms with Crippen LogP contribution < -0.4 is 10.5 Å². The van der Waals surface area contributed by atoms with Crippen LogP contribution in [0, 0.1) is 0 Å². The van der Waals surface area contributed by atoms with E-state index in [2.05, 4.69) is 0 Å². The highest BCUT2D eigenvalue weighted by Crippen LogP contribution is 2.21. The van der Waals surface area contributed by atoms with Gasteiger partial charge in [0.2, 0.25) is 0 Å². The van der Waals surface area contributed by atoms with Crippen molar-refractivity contribution in [1.29, 1.82) is 0 Å². The van der Waals surface area contributed by atoms with E-state index in [0.717, 1.165) is 24.3 Å². The maximum Gasteiger partial charge on any atom is 0.126 e. The SMILES string of the molecule is COCCCOCCOCc1ccc(N)cc1OC. The van der Waals surface area contributed by atoms with Crippen molar-refractivity contribution in [3.63, 3.8) is 0 Å². The van der Waals surface area contributed by atoms with Crippen molar-refractivity contribution in [1.82, 2.24) is 0 Å². The van der Waals surface area contributed by atoms with E-state index in [-0.39, 0.29) is 0 Å². The molecule has 0 atom stereocenters. The number of methoxy groups -OCH3 is 2. The minimum atomic E-state index is 0.491. The Balaban J connectivity index is 2.15. The van der Waals surface area contributed by atoms with Crippen LogP contribution in [-0.4, -0.2) is 40.6 Å². The number of ether oxygens (including phenoxy) is 4. The van der Waals surface area contributed by atoms with Gasteiger partial charge in [0.1, 0.15) is 5.75 Å². The van der Waals surface area contributed by atoms with E-state index < -0.39 is 0 Å². The number of hydrogen-bond acceptors (Lipinski definition) is 5. The number of rotatable bonds is 10. The van der Waals surface area contributed by atoms with Crippen LogP contribution >= 0.6 is 0 Å². The van der Waals surface area contributed by atoms with Gasteiger partial charge in [0.25, 0.3) is 0 Å². The molecule has 0 saturated carbocycles. The van der Waals surface area contributed by atoms with Gasteiger partial charge in [0.05, 0.1) is 26.9 Å². The minimum Gasteiger partial charge on any atom is -0.496 e. The molecule has 0 radical (unpaired) electrons. The number of nitrogen functional groups attached to an aromatic ring is 1. The van der Waals surface area contributed by atoms with Gasteiger partial charge in [-0.25, -0.2) is 0 Å². The van der Waals surface area contributed by atoms with E-state index >= 15 is 0 Å². The first kappa shape index (κ1) is 15.8. The lowest BCUT2D eigenvalue weighted by Crippen LogP contribution is -2.07. The summed E-state index contributed by atoms with van der Waals surface area (Å²) in [5.41, 5.74) is 7.35. The van der Waals surface area contributed by atoms with Crippen molar-refractivity contribution < 1.29 is 18.9 Å². The molecule has 0 unspecified atom stereocenters. The van der Waals surface area contributed by atoms with Crippen molar-refractivity contribution in [2.75, 3.05) is 46.4 Å². The first-order valence-electron chi connectivity index (χ1n) is 6.34. The molecule has 0 amide bonds. The van der Waals surface area contributed by atoms with Gasteiger partial charge in [-0.3, -0.25) is 0 Å². The molecular formula is C14H23NO4. The molecule has 1 aromatic rings. The summed E-state index contributed by atoms with van der Waals surface area (Å²) in [5.74, 6) is 0.751. The van der Waals surface area contributed by atoms with E-state index in [4.69, 9.17) is 24.7 Å². The maximum absolute atomic E-state index is 5.69. The summed E-state index contributed by atoms with van der Waals surface area (Å²) in [4.78, 5) is 0. The lowest BCUT2D eigenvalue weighted by molar-refractivity contribution is 0.0331. The molecule has 0 spiro atoms. The molecule has 0 fully saturated rings. The molecule has 0 aliphatic carbocycles. The molecule has 5 nitrogen and oxygen atoms in total. The Kier molecular flexibility index (Phi) is 7.97. The normalized spacial score (nSPS) is 10.6. The zero-order chi connectivity index (χ0) is 13.9. The van der Waals surface area contributed by atoms with E-state index in [1.165, 1.54) is 0 Å². The number of benzene rings is 1. The molecule has 2 N–H and O–H groups in total. The zero-order valence-electron chi connectivity index (χ0n) is 11.7. The topological polar surface area (TPSA) is 62.9 Å². The average molecular weight is 269 g/mol. The molecule has 108 valence electrons. The van der Waals surface area contributed by atoms with Crippen LogP contribution in [0.5, 0.6) is 5.75 Å². The molecule has 0 aliphatic rings. The van der Waals surface area contributed by atoms with Gasteiger partial charge in [0.15, 0.2) is 0 Å². The molecule has 1 aromatic carbocycles. The fraction of sp³-hybridized carbons (Fsp3) is 0.571. The van der Waals surface area contributed by atoms with Crippen LogP contribution in [0.1, 0.15) is 12.0 Å². The summed E-state index contributed by atoms with van der Waals surface area (Å²) >= 11 is 0. The van der Waals surface area contributed by atoms with Crippen LogP contribution in [0.2, 0.25) is 0 Å². The molecule has 1 rings (SSSR count). The van der Waals surface area contributed by atoms with Crippen LogP contribution in [-0.2, 0) is 20.8 Å². The highest BCUT2D eigenvalue weighted by Gasteiger charge is 2.03. The van der Waals surface area contributed by atoms with Gasteiger partial charge >= 0.3 is 0 Å². The van der Waals surface area contributed by atoms with E-state index in [1.807, 2.05) is 12.1 Å². The molecule has 0 heterocycles. The summed E-state index contributed by atoms with van der Waals surface area (Å²) in [6.07, 6.45) is 0.905. The van der Waals surface area contributed by atoms with E-state index in [9.17, 15) is 0 Å². The lowest BCUT2D eigenvalue weighted by Gasteiger charge is -2.10. The van der Waals surface area contributed by atoms with Crippen molar-refractivity contribution in [3.8, 4) is 5.75 Å². The van der Waals surface area contributed by atoms with Gasteiger partial charge in [-0.2, -0.15) is 0 Å². The second-order valence-electron chi connectivity index (χ2n) is 4.08. The Morgan fingerprint density at radius 1 is 1.00 bits per heavy atom. The molecular weight excluding hydrogens is 246 g/mol. The highest BCUT2D eigenvalue weighted by molar-refractivity contribution is 5.48. The molecule has 5 heteroatoms. The highest BCUT2D eigenvalue weighted by atomic mass is 16.5. The summed E-state index contributed by atoms with van der Waals surface area (Å²) < 4.78 is 21.1. The predicted molar refractivity (Wildman–Crippen MR) is 74.4 cm³/mol. The second-order valence-corrected chi connectivity index (χ2v) is 4.08. The Hall–Kier alpha value is -1.30. The summed E-state index contributed by atoms with van der Waals surface area (Å²) in [6.45, 7) is 3.05. The Labute approximate surface area is 114 Å². The van der Waals surface area contributed by atoms with Gasteiger partial charge in [-0.15, -0.1) is 0 Å². The van der Waals surface area contributed by atoms with Crippen LogP contribution in [0.25, 0.3) is 0 Å². The molecule has 0 aliphatic heterocycles. The Morgan fingerprint density at radius 2 is 1.79 bits per heavy atom. The second kappa shape index (κ2) is 9.61. The van der Waals surface area contributed by atoms with Crippen molar-refractivity contribution in [2.24, 2.45) is 0 Å². The first-order chi connectivity index (χ1) is 9.27. The molecule has 0 bridgehead atoms. The largest absolute Gasteiger partial charge is 0.496 e. The van der Waals surface area contributed by atoms with E-state index in [1.54, 1.807) is 20.3 Å². The third-order valence-corrected chi connectivity index (χ3v) is 2.58. The molecule has 19 heavy (non-hydrogen) atoms. The third-order valence-electron chi connectivity index (χ3n) is 2.58. The van der Waals surface area contributed by atoms with E-state index in [0.29, 0.717) is 32.1 Å². The van der Waals surface area contributed by atoms with Gasteiger partial charge in [-0.05, 0) is 12.5 Å². The smallest absolute Gasteiger partial charge is 0.126 e. The number of hydrogen-bond donors (Lipinski definition) is 1. The number of nitrogens with two attached hydrogens (primary N) is 1. The van der Waals surface area contributed by atoms with Crippen molar-refractivity contribution in [3.05, 3.63) is 23.8 Å². The van der Waals surface area contributed by atoms with Crippen LogP contribution in [0.15, 0.2) is 18.2 Å². The summed E-state index contributed by atoms with van der Waals surface area (Å²) in [6, 6.07) is 5.54. The summed E-state index contributed by atoms with van der Waals surface area (Å²) in [7, 11) is 3.31. The van der Waals surface area contributed by atoms with Crippen molar-refractivity contribution in [2.45, 2.75) is 13.0 Å². The number of anilines is 1. The minimum absolute atomic E-state index is 0.491. The van der Waals surface area contributed by atoms with Gasteiger partial charge in [-0.1, -0.05) is 6.07 Å². The molecule has 0 saturated heterocycles. The zero-order valence-corrected chi connectivity index (χ0v) is 11.7. The Morgan fingerprint density at radius 3 is 2.53 bits per heavy atom. The monoisotopic (exact) mass is 269 g/mol. The van der Waals surface area contributed by atoms with Gasteiger partial charge in [0, 0.05) is 37.6 Å². The predicted octanol–water partition coefficient (Wildman–Crippen LogP) is 1.85. The van der Waals surface area contributed by atoms with Crippen LogP contribution in [0.4, 0.5) is 5.69 Å². The Bertz CT molecular complexity index is 357. The lowest BCUT2D eigenvalue weighted by atomic mass is 10.2. The van der Waals surface area contributed by atoms with Crippen molar-refractivity contribution >= 4 is 5.69 Å². The summed E-state index contributed by atoms with van der Waals surface area (Å²) in [5, 5.41) is 0. The first-order valence-corrected chi connectivity index (χ1v) is 6.34. The molecule has 0 aromatic heterocycles. The van der Waals surface area contributed by atoms with Crippen LogP contribution in [0.3, 0.4) is 0 Å². The quantitative estimate of drug-likeness (QED) is 0.519. The fourth-order valence-corrected chi connectivity index (χ4v) is 1.59. The maximum atomic E-state index is 5.69.